The van der Waals surface area contributed by atoms with E-state index in [-0.39, 0.29) is 0 Å². The van der Waals surface area contributed by atoms with Crippen molar-refractivity contribution in [1.29, 1.82) is 0 Å². The average Bonchev–Trinajstić information content (AvgIpc) is 1.64. The molecule has 4 fully saturated rings. The Bertz CT molecular complexity index is 4640. The number of rotatable bonds is 45. The summed E-state index contributed by atoms with van der Waals surface area (Å²) in [6, 6.07) is 0. The van der Waals surface area contributed by atoms with Gasteiger partial charge in [-0.2, -0.15) is 0 Å². The largest absolute Gasteiger partial charge is 0.388 e. The number of fused-ring (bicyclic) bond motifs is 4. The molecular weight excluding hydrogens is 1640 g/mol. The number of hydrogen-bond acceptors (Lipinski definition) is 33. The maximum atomic E-state index is 10.7. The summed E-state index contributed by atoms with van der Waals surface area (Å²) in [5.74, 6) is 2.55. The first kappa shape index (κ1) is 98.7. The highest BCUT2D eigenvalue weighted by atomic mass is 31.2. The minimum Gasteiger partial charge on any atom is -0.388 e. The van der Waals surface area contributed by atoms with Gasteiger partial charge in [0.25, 0.3) is 0 Å². The first-order valence-electron chi connectivity index (χ1n) is 42.1. The molecule has 4 aliphatic heterocycles. The monoisotopic (exact) mass is 1770 g/mol. The summed E-state index contributed by atoms with van der Waals surface area (Å²) >= 11 is 0. The molecule has 678 valence electrons. The maximum Gasteiger partial charge on any atom is 0.167 e. The Morgan fingerprint density at radius 1 is 0.314 bits per heavy atom. The third-order valence-corrected chi connectivity index (χ3v) is 26.4. The van der Waals surface area contributed by atoms with Crippen LogP contribution in [0.4, 0.5) is 23.3 Å². The van der Waals surface area contributed by atoms with Crippen molar-refractivity contribution in [2.24, 2.45) is 0 Å². The summed E-state index contributed by atoms with van der Waals surface area (Å²) in [5.41, 5.74) is 4.67. The normalized spacial score (nSPS) is 24.5. The second kappa shape index (κ2) is 47.5. The van der Waals surface area contributed by atoms with Gasteiger partial charge in [0.05, 0.1) is 103 Å². The molecule has 41 heteroatoms. The van der Waals surface area contributed by atoms with Crippen LogP contribution in [0.1, 0.15) is 117 Å². The third-order valence-electron chi connectivity index (χ3n) is 20.6. The number of anilines is 4. The third kappa shape index (κ3) is 28.7. The zero-order valence-corrected chi connectivity index (χ0v) is 76.3. The van der Waals surface area contributed by atoms with E-state index in [1.165, 1.54) is 25.3 Å². The van der Waals surface area contributed by atoms with Crippen molar-refractivity contribution in [3.8, 4) is 0 Å². The Morgan fingerprint density at radius 3 is 0.818 bits per heavy atom. The van der Waals surface area contributed by atoms with Crippen LogP contribution in [0.25, 0.3) is 44.7 Å². The highest BCUT2D eigenvalue weighted by Gasteiger charge is 2.48. The standard InChI is InChI=1S/C29H52N5O8P.C18H30N5O3P.C17H28N5O3P.C16H26N5O3P/c1-5-6-10-37-12-14-39-16-18-41-19-17-40-15-13-38-11-7-9-30-27-24-28(32-21-31-27)34(22-33-24)29-26(36)25(35)23(42-29)8-20-43(2,3)4;1-5-6-8-19-16-13-17(21-10-20-16)23(11-22-13)18-15(25)14(24)12(26-18)7-9-27(2,3)4;1-5-7-18-15-12-16(20-9-19-15)22(10-21-12)17-14(24)13(23)11(25-17)6-8-26(2,3)4;1-5-17-14-11-15(19-8-18-14)21(9-20-11)16-13(23)12(22)10(24-16)6-7-25(2,3)4/h21-23,25-26,29,35-36H,2,5-20H2,1,3-4H3,(H,30,31,32);10-12,14-15,18,24-25H,2,5-9H2,1,3-4H3,(H,19,20,21);9-11,13-14,17,23-24H,2,5-8H2,1,3-4H3,(H,18,19,20);8-10,12-13,16,22-23H,2,5-7H2,1,3-4H3,(H,17,18,19)/t23-,25-,26-,29-;12-,14-,15-,18-;11-,13-,14-,17-;10-,12-,13-,16-/m1111/s1. The topological polar surface area (TPSA) is 467 Å². The predicted molar refractivity (Wildman–Crippen MR) is 485 cm³/mol. The number of imidazole rings is 4. The molecule has 12 N–H and O–H groups in total. The number of aliphatic hydroxyl groups excluding tert-OH is 8. The van der Waals surface area contributed by atoms with Gasteiger partial charge in [0.2, 0.25) is 0 Å². The second-order valence-corrected chi connectivity index (χ2v) is 50.9. The van der Waals surface area contributed by atoms with Gasteiger partial charge in [-0.05, 0) is 136 Å². The molecular formula is C80H136N20O17P4. The molecule has 12 rings (SSSR count). The Labute approximate surface area is 710 Å². The van der Waals surface area contributed by atoms with Gasteiger partial charge < -0.3 is 105 Å². The van der Waals surface area contributed by atoms with Gasteiger partial charge in [0.15, 0.2) is 92.8 Å². The highest BCUT2D eigenvalue weighted by molar-refractivity contribution is 7.73. The van der Waals surface area contributed by atoms with Crippen LogP contribution in [0.5, 0.6) is 0 Å². The van der Waals surface area contributed by atoms with E-state index >= 15 is 0 Å². The molecule has 0 aliphatic carbocycles. The van der Waals surface area contributed by atoms with Crippen molar-refractivity contribution in [3.05, 3.63) is 50.6 Å². The van der Waals surface area contributed by atoms with Crippen LogP contribution >= 0.6 is 27.5 Å². The van der Waals surface area contributed by atoms with Crippen LogP contribution in [0.2, 0.25) is 0 Å². The number of unbranched alkanes of at least 4 members (excludes halogenated alkanes) is 2. The molecule has 8 aromatic rings. The molecule has 0 bridgehead atoms. The number of nitrogens with one attached hydrogen (secondary N) is 4. The average molecular weight is 1770 g/mol. The van der Waals surface area contributed by atoms with Gasteiger partial charge in [-0.1, -0.05) is 33.6 Å². The Hall–Kier alpha value is -6.08. The smallest absolute Gasteiger partial charge is 0.167 e. The van der Waals surface area contributed by atoms with Gasteiger partial charge in [-0.25, -0.2) is 59.8 Å². The van der Waals surface area contributed by atoms with Crippen molar-refractivity contribution < 1.29 is 83.5 Å². The summed E-state index contributed by atoms with van der Waals surface area (Å²) < 4.78 is 58.3. The molecule has 0 unspecified atom stereocenters. The molecule has 0 spiro atoms. The lowest BCUT2D eigenvalue weighted by molar-refractivity contribution is -0.0353. The summed E-state index contributed by atoms with van der Waals surface area (Å²) in [6.45, 7) is 29.2. The Kier molecular flexibility index (Phi) is 38.7. The molecule has 4 aliphatic rings. The first-order chi connectivity index (χ1) is 57.8. The van der Waals surface area contributed by atoms with Crippen LogP contribution in [0, 0.1) is 0 Å². The molecule has 4 saturated heterocycles. The van der Waals surface area contributed by atoms with Crippen molar-refractivity contribution in [1.82, 2.24) is 78.1 Å². The fourth-order valence-electron chi connectivity index (χ4n) is 13.8. The van der Waals surface area contributed by atoms with Crippen molar-refractivity contribution in [3.63, 3.8) is 0 Å². The van der Waals surface area contributed by atoms with E-state index in [1.54, 1.807) is 43.6 Å². The van der Waals surface area contributed by atoms with E-state index < -0.39 is 126 Å². The fraction of sp³-hybridized carbons (Fsp3) is 0.700. The van der Waals surface area contributed by atoms with Crippen molar-refractivity contribution in [2.45, 2.75) is 190 Å². The lowest BCUT2D eigenvalue weighted by Crippen LogP contribution is -2.31. The van der Waals surface area contributed by atoms with Crippen LogP contribution in [-0.4, -0.2) is 388 Å². The van der Waals surface area contributed by atoms with E-state index in [0.29, 0.717) is 166 Å². The number of aromatic nitrogens is 16. The molecule has 8 aromatic heterocycles. The molecule has 0 radical (unpaired) electrons. The SMILES string of the molecule is C=P(C)(C)CC[C@H]1O[C@@H](n2cnc3c(NCC)ncnc32)[C@H](O)[C@@H]1O.C=P(C)(C)CC[C@H]1O[C@@H](n2cnc3c(NCCC)ncnc32)[C@H](O)[C@@H]1O.C=P(C)(C)CC[C@H]1O[C@@H](n2cnc3c(NCCCC)ncnc32)[C@H](O)[C@@H]1O.C=P(C)(C)CC[C@H]1O[C@@H](n2cnc3c(NCCCOCCOCCOCCOCCOCCCC)ncnc32)[C@H](O)[C@@H]1O. The zero-order valence-electron chi connectivity index (χ0n) is 72.7. The van der Waals surface area contributed by atoms with Crippen LogP contribution in [-0.2, 0) is 42.6 Å². The predicted octanol–water partition coefficient (Wildman–Crippen LogP) is 6.33. The van der Waals surface area contributed by atoms with Crippen LogP contribution < -0.4 is 21.3 Å². The van der Waals surface area contributed by atoms with E-state index in [0.717, 1.165) is 82.9 Å². The molecule has 0 amide bonds. The Balaban J connectivity index is 0.000000189. The van der Waals surface area contributed by atoms with Crippen molar-refractivity contribution in [2.75, 3.05) is 191 Å². The Morgan fingerprint density at radius 2 is 0.562 bits per heavy atom. The number of aliphatic hydroxyl groups is 8. The van der Waals surface area contributed by atoms with Gasteiger partial charge >= 0.3 is 0 Å². The minimum absolute atomic E-state index is 0.423. The lowest BCUT2D eigenvalue weighted by atomic mass is 10.1. The minimum atomic E-state index is -1.27. The summed E-state index contributed by atoms with van der Waals surface area (Å²) in [6.07, 6.45) is 28.5. The summed E-state index contributed by atoms with van der Waals surface area (Å²) in [5, 5.41) is 96.9. The molecule has 12 heterocycles. The number of nitrogens with zero attached hydrogens (tertiary/aromatic N) is 16. The van der Waals surface area contributed by atoms with Gasteiger partial charge in [0, 0.05) is 39.4 Å². The zero-order chi connectivity index (χ0) is 87.6. The molecule has 0 saturated carbocycles. The quantitative estimate of drug-likeness (QED) is 0.0146. The second-order valence-electron chi connectivity index (χ2n) is 33.6. The van der Waals surface area contributed by atoms with Crippen LogP contribution in [0.15, 0.2) is 50.6 Å². The highest BCUT2D eigenvalue weighted by Crippen LogP contribution is 2.45. The van der Waals surface area contributed by atoms with Gasteiger partial charge in [-0.3, -0.25) is 18.3 Å². The number of ether oxygens (including phenoxy) is 9. The van der Waals surface area contributed by atoms with Crippen molar-refractivity contribution >= 4 is 121 Å². The molecule has 121 heavy (non-hydrogen) atoms. The first-order valence-corrected chi connectivity index (χ1v) is 54.3. The molecule has 16 atom stereocenters. The van der Waals surface area contributed by atoms with E-state index in [4.69, 9.17) is 42.6 Å². The molecule has 0 aromatic carbocycles. The lowest BCUT2D eigenvalue weighted by Gasteiger charge is -2.18. The van der Waals surface area contributed by atoms with E-state index in [9.17, 15) is 40.9 Å². The van der Waals surface area contributed by atoms with E-state index in [2.05, 4.69) is 180 Å². The van der Waals surface area contributed by atoms with Gasteiger partial charge in [-0.15, -0.1) is 52.7 Å². The number of hydrogen-bond donors (Lipinski definition) is 12. The van der Waals surface area contributed by atoms with Crippen LogP contribution in [0.3, 0.4) is 0 Å². The van der Waals surface area contributed by atoms with Gasteiger partial charge in [0.1, 0.15) is 74.1 Å². The van der Waals surface area contributed by atoms with E-state index in [1.807, 2.05) is 6.92 Å². The molecule has 37 nitrogen and oxygen atoms in total. The maximum absolute atomic E-state index is 10.7. The fourth-order valence-corrected chi connectivity index (χ4v) is 17.6. The summed E-state index contributed by atoms with van der Waals surface area (Å²) in [4.78, 5) is 51.9. The summed E-state index contributed by atoms with van der Waals surface area (Å²) in [7, 11) is 0.